The average molecular weight is 291 g/mol. The van der Waals surface area contributed by atoms with Crippen LogP contribution in [0.3, 0.4) is 0 Å². The Hall–Kier alpha value is -1.69. The standard InChI is InChI=1S/C15H25N5O/c1-15(2,3)7-6-8-18(4)11-12-16-17-13-14(21)19(5)9-10-20(12)13/h9-10H,6-8,11H2,1-5H3. The number of aryl methyl sites for hydroxylation is 1. The van der Waals surface area contributed by atoms with Gasteiger partial charge in [-0.05, 0) is 31.8 Å². The number of hydrogen-bond acceptors (Lipinski definition) is 4. The maximum atomic E-state index is 11.9. The van der Waals surface area contributed by atoms with Gasteiger partial charge in [0.25, 0.3) is 5.56 Å². The molecule has 21 heavy (non-hydrogen) atoms. The Bertz CT molecular complexity index is 665. The largest absolute Gasteiger partial charge is 0.314 e. The molecule has 0 spiro atoms. The van der Waals surface area contributed by atoms with E-state index in [1.807, 2.05) is 6.20 Å². The highest BCUT2D eigenvalue weighted by Crippen LogP contribution is 2.20. The molecule has 0 fully saturated rings. The van der Waals surface area contributed by atoms with Gasteiger partial charge in [0.15, 0.2) is 5.82 Å². The first-order valence-corrected chi connectivity index (χ1v) is 7.36. The lowest BCUT2D eigenvalue weighted by molar-refractivity contribution is 0.277. The van der Waals surface area contributed by atoms with Gasteiger partial charge in [0.1, 0.15) is 0 Å². The van der Waals surface area contributed by atoms with Crippen LogP contribution in [-0.4, -0.2) is 37.7 Å². The van der Waals surface area contributed by atoms with Crippen molar-refractivity contribution < 1.29 is 0 Å². The Kier molecular flexibility index (Phi) is 4.46. The third-order valence-corrected chi connectivity index (χ3v) is 3.60. The zero-order valence-electron chi connectivity index (χ0n) is 13.6. The van der Waals surface area contributed by atoms with Gasteiger partial charge in [-0.15, -0.1) is 10.2 Å². The summed E-state index contributed by atoms with van der Waals surface area (Å²) < 4.78 is 3.30. The second-order valence-electron chi connectivity index (χ2n) is 6.93. The maximum Gasteiger partial charge on any atom is 0.295 e. The molecule has 0 atom stereocenters. The van der Waals surface area contributed by atoms with Gasteiger partial charge in [0.05, 0.1) is 6.54 Å². The van der Waals surface area contributed by atoms with Gasteiger partial charge >= 0.3 is 0 Å². The lowest BCUT2D eigenvalue weighted by atomic mass is 9.90. The molecule has 6 heteroatoms. The molecule has 0 saturated heterocycles. The quantitative estimate of drug-likeness (QED) is 0.841. The van der Waals surface area contributed by atoms with E-state index in [9.17, 15) is 4.79 Å². The molecule has 2 aromatic rings. The van der Waals surface area contributed by atoms with Crippen molar-refractivity contribution in [3.05, 3.63) is 28.6 Å². The fraction of sp³-hybridized carbons (Fsp3) is 0.667. The van der Waals surface area contributed by atoms with E-state index in [2.05, 4.69) is 42.9 Å². The third kappa shape index (κ3) is 3.91. The van der Waals surface area contributed by atoms with Crippen molar-refractivity contribution >= 4 is 5.65 Å². The number of nitrogens with zero attached hydrogens (tertiary/aromatic N) is 5. The fourth-order valence-corrected chi connectivity index (χ4v) is 2.33. The highest BCUT2D eigenvalue weighted by molar-refractivity contribution is 5.34. The summed E-state index contributed by atoms with van der Waals surface area (Å²) in [6.07, 6.45) is 5.92. The highest BCUT2D eigenvalue weighted by Gasteiger charge is 2.13. The topological polar surface area (TPSA) is 55.4 Å². The molecule has 6 nitrogen and oxygen atoms in total. The molecule has 0 unspecified atom stereocenters. The van der Waals surface area contributed by atoms with Crippen molar-refractivity contribution in [2.45, 2.75) is 40.2 Å². The van der Waals surface area contributed by atoms with Gasteiger partial charge in [0, 0.05) is 19.4 Å². The molecule has 0 N–H and O–H groups in total. The van der Waals surface area contributed by atoms with E-state index >= 15 is 0 Å². The van der Waals surface area contributed by atoms with Gasteiger partial charge in [-0.25, -0.2) is 0 Å². The number of aromatic nitrogens is 4. The van der Waals surface area contributed by atoms with Crippen LogP contribution in [-0.2, 0) is 13.6 Å². The van der Waals surface area contributed by atoms with E-state index < -0.39 is 0 Å². The molecule has 2 heterocycles. The van der Waals surface area contributed by atoms with Crippen LogP contribution >= 0.6 is 0 Å². The second-order valence-corrected chi connectivity index (χ2v) is 6.93. The summed E-state index contributed by atoms with van der Waals surface area (Å²) in [6.45, 7) is 8.48. The monoisotopic (exact) mass is 291 g/mol. The van der Waals surface area contributed by atoms with Gasteiger partial charge in [-0.3, -0.25) is 14.1 Å². The molecule has 0 aliphatic carbocycles. The predicted octanol–water partition coefficient (Wildman–Crippen LogP) is 1.69. The average Bonchev–Trinajstić information content (AvgIpc) is 2.76. The van der Waals surface area contributed by atoms with Crippen molar-refractivity contribution in [1.29, 1.82) is 0 Å². The van der Waals surface area contributed by atoms with E-state index in [0.29, 0.717) is 17.6 Å². The minimum absolute atomic E-state index is 0.119. The molecule has 0 amide bonds. The molecule has 0 saturated carbocycles. The van der Waals surface area contributed by atoms with Crippen LogP contribution in [0.5, 0.6) is 0 Å². The number of hydrogen-bond donors (Lipinski definition) is 0. The van der Waals surface area contributed by atoms with E-state index in [4.69, 9.17) is 0 Å². The summed E-state index contributed by atoms with van der Waals surface area (Å²) in [5, 5.41) is 8.16. The third-order valence-electron chi connectivity index (χ3n) is 3.60. The lowest BCUT2D eigenvalue weighted by Crippen LogP contribution is -2.23. The van der Waals surface area contributed by atoms with Crippen LogP contribution < -0.4 is 5.56 Å². The summed E-state index contributed by atoms with van der Waals surface area (Å²) in [5.74, 6) is 0.806. The lowest BCUT2D eigenvalue weighted by Gasteiger charge is -2.21. The summed E-state index contributed by atoms with van der Waals surface area (Å²) in [4.78, 5) is 14.2. The van der Waals surface area contributed by atoms with E-state index in [-0.39, 0.29) is 5.56 Å². The van der Waals surface area contributed by atoms with Crippen LogP contribution in [0.25, 0.3) is 5.65 Å². The van der Waals surface area contributed by atoms with Crippen LogP contribution in [0.15, 0.2) is 17.2 Å². The molecular weight excluding hydrogens is 266 g/mol. The molecule has 2 aromatic heterocycles. The molecule has 0 aromatic carbocycles. The minimum atomic E-state index is -0.119. The fourth-order valence-electron chi connectivity index (χ4n) is 2.33. The summed E-state index contributed by atoms with van der Waals surface area (Å²) in [7, 11) is 3.79. The molecular formula is C15H25N5O. The van der Waals surface area contributed by atoms with E-state index in [1.165, 1.54) is 11.0 Å². The smallest absolute Gasteiger partial charge is 0.295 e. The Morgan fingerprint density at radius 2 is 1.95 bits per heavy atom. The molecule has 2 rings (SSSR count). The summed E-state index contributed by atoms with van der Waals surface area (Å²) >= 11 is 0. The van der Waals surface area contributed by atoms with Crippen LogP contribution in [0, 0.1) is 5.41 Å². The Balaban J connectivity index is 2.03. The SMILES string of the molecule is CN(CCCC(C)(C)C)Cc1nnc2c(=O)n(C)ccn12. The Morgan fingerprint density at radius 1 is 1.24 bits per heavy atom. The molecule has 0 aliphatic rings. The Morgan fingerprint density at radius 3 is 2.62 bits per heavy atom. The van der Waals surface area contributed by atoms with Crippen molar-refractivity contribution in [1.82, 2.24) is 24.1 Å². The zero-order valence-corrected chi connectivity index (χ0v) is 13.6. The molecule has 0 aliphatic heterocycles. The zero-order chi connectivity index (χ0) is 15.6. The molecule has 116 valence electrons. The maximum absolute atomic E-state index is 11.9. The first-order valence-electron chi connectivity index (χ1n) is 7.36. The van der Waals surface area contributed by atoms with E-state index in [0.717, 1.165) is 18.8 Å². The van der Waals surface area contributed by atoms with Crippen LogP contribution in [0.4, 0.5) is 0 Å². The van der Waals surface area contributed by atoms with Crippen molar-refractivity contribution in [2.24, 2.45) is 12.5 Å². The van der Waals surface area contributed by atoms with Crippen molar-refractivity contribution in [3.63, 3.8) is 0 Å². The van der Waals surface area contributed by atoms with Crippen molar-refractivity contribution in [2.75, 3.05) is 13.6 Å². The molecule has 0 radical (unpaired) electrons. The highest BCUT2D eigenvalue weighted by atomic mass is 16.1. The second kappa shape index (κ2) is 5.97. The normalized spacial score (nSPS) is 12.5. The summed E-state index contributed by atoms with van der Waals surface area (Å²) in [5.41, 5.74) is 0.638. The first kappa shape index (κ1) is 15.7. The van der Waals surface area contributed by atoms with Crippen molar-refractivity contribution in [3.8, 4) is 0 Å². The number of rotatable bonds is 5. The van der Waals surface area contributed by atoms with Gasteiger partial charge < -0.3 is 4.57 Å². The van der Waals surface area contributed by atoms with Crippen LogP contribution in [0.2, 0.25) is 0 Å². The first-order chi connectivity index (χ1) is 9.78. The minimum Gasteiger partial charge on any atom is -0.314 e. The van der Waals surface area contributed by atoms with Gasteiger partial charge in [0.2, 0.25) is 5.65 Å². The van der Waals surface area contributed by atoms with E-state index in [1.54, 1.807) is 17.6 Å². The Labute approximate surface area is 125 Å². The van der Waals surface area contributed by atoms with Crippen LogP contribution in [0.1, 0.15) is 39.4 Å². The summed E-state index contributed by atoms with van der Waals surface area (Å²) in [6, 6.07) is 0. The molecule has 0 bridgehead atoms. The number of fused-ring (bicyclic) bond motifs is 1. The van der Waals surface area contributed by atoms with Gasteiger partial charge in [-0.1, -0.05) is 20.8 Å². The predicted molar refractivity (Wildman–Crippen MR) is 83.3 cm³/mol. The van der Waals surface area contributed by atoms with Gasteiger partial charge in [-0.2, -0.15) is 0 Å².